The van der Waals surface area contributed by atoms with E-state index in [1.54, 1.807) is 7.11 Å². The van der Waals surface area contributed by atoms with Gasteiger partial charge in [-0.3, -0.25) is 0 Å². The fraction of sp³-hybridized carbons (Fsp3) is 0.647. The summed E-state index contributed by atoms with van der Waals surface area (Å²) in [6.45, 7) is 8.33. The van der Waals surface area contributed by atoms with Crippen LogP contribution in [0.3, 0.4) is 0 Å². The lowest BCUT2D eigenvalue weighted by molar-refractivity contribution is 0.284. The first-order chi connectivity index (χ1) is 9.67. The van der Waals surface area contributed by atoms with Crippen molar-refractivity contribution in [1.29, 1.82) is 0 Å². The van der Waals surface area contributed by atoms with Crippen LogP contribution in [0.15, 0.2) is 18.2 Å². The van der Waals surface area contributed by atoms with Gasteiger partial charge in [0.25, 0.3) is 0 Å². The van der Waals surface area contributed by atoms with Crippen LogP contribution in [0.4, 0.5) is 0 Å². The van der Waals surface area contributed by atoms with Crippen molar-refractivity contribution in [2.24, 2.45) is 0 Å². The largest absolute Gasteiger partial charge is 0.493 e. The summed E-state index contributed by atoms with van der Waals surface area (Å²) >= 11 is 0. The summed E-state index contributed by atoms with van der Waals surface area (Å²) in [5.74, 6) is 1.69. The second kappa shape index (κ2) is 9.65. The molecule has 0 aromatic heterocycles. The number of nitrogens with one attached hydrogen (secondary N) is 1. The van der Waals surface area contributed by atoms with E-state index >= 15 is 0 Å². The fourth-order valence-corrected chi connectivity index (χ4v) is 2.03. The Hall–Kier alpha value is -1.22. The topological polar surface area (TPSA) is 30.5 Å². The van der Waals surface area contributed by atoms with Gasteiger partial charge in [-0.15, -0.1) is 0 Å². The zero-order valence-electron chi connectivity index (χ0n) is 13.4. The summed E-state index contributed by atoms with van der Waals surface area (Å²) in [5, 5.41) is 3.42. The SMILES string of the molecule is CCc1ccc(OCCCCCNC(C)C)c(OC)c1. The molecule has 0 aliphatic heterocycles. The molecule has 1 aromatic carbocycles. The highest BCUT2D eigenvalue weighted by Crippen LogP contribution is 2.28. The lowest BCUT2D eigenvalue weighted by Crippen LogP contribution is -2.23. The average molecular weight is 279 g/mol. The van der Waals surface area contributed by atoms with E-state index in [2.05, 4.69) is 38.2 Å². The van der Waals surface area contributed by atoms with Crippen LogP contribution in [0.2, 0.25) is 0 Å². The number of hydrogen-bond donors (Lipinski definition) is 1. The first kappa shape index (κ1) is 16.8. The number of rotatable bonds is 10. The minimum absolute atomic E-state index is 0.576. The van der Waals surface area contributed by atoms with Gasteiger partial charge in [-0.2, -0.15) is 0 Å². The molecule has 0 saturated carbocycles. The molecule has 3 nitrogen and oxygen atoms in total. The first-order valence-electron chi connectivity index (χ1n) is 7.70. The number of hydrogen-bond acceptors (Lipinski definition) is 3. The predicted molar refractivity (Wildman–Crippen MR) is 84.9 cm³/mol. The number of methoxy groups -OCH3 is 1. The van der Waals surface area contributed by atoms with Gasteiger partial charge >= 0.3 is 0 Å². The van der Waals surface area contributed by atoms with Crippen molar-refractivity contribution < 1.29 is 9.47 Å². The molecule has 20 heavy (non-hydrogen) atoms. The molecule has 1 N–H and O–H groups in total. The first-order valence-corrected chi connectivity index (χ1v) is 7.70. The third-order valence-corrected chi connectivity index (χ3v) is 3.27. The highest BCUT2D eigenvalue weighted by molar-refractivity contribution is 5.42. The van der Waals surface area contributed by atoms with Gasteiger partial charge in [0.1, 0.15) is 0 Å². The van der Waals surface area contributed by atoms with Gasteiger partial charge in [-0.25, -0.2) is 0 Å². The number of aryl methyl sites for hydroxylation is 1. The third-order valence-electron chi connectivity index (χ3n) is 3.27. The second-order valence-electron chi connectivity index (χ2n) is 5.36. The third kappa shape index (κ3) is 6.29. The van der Waals surface area contributed by atoms with Crippen molar-refractivity contribution in [2.75, 3.05) is 20.3 Å². The van der Waals surface area contributed by atoms with Crippen molar-refractivity contribution in [3.63, 3.8) is 0 Å². The maximum Gasteiger partial charge on any atom is 0.161 e. The van der Waals surface area contributed by atoms with Gasteiger partial charge in [0.15, 0.2) is 11.5 Å². The van der Waals surface area contributed by atoms with E-state index in [0.717, 1.165) is 37.5 Å². The van der Waals surface area contributed by atoms with E-state index in [-0.39, 0.29) is 0 Å². The van der Waals surface area contributed by atoms with Gasteiger partial charge < -0.3 is 14.8 Å². The van der Waals surface area contributed by atoms with Crippen LogP contribution in [0, 0.1) is 0 Å². The highest BCUT2D eigenvalue weighted by atomic mass is 16.5. The minimum Gasteiger partial charge on any atom is -0.493 e. The van der Waals surface area contributed by atoms with Gasteiger partial charge in [0.2, 0.25) is 0 Å². The summed E-state index contributed by atoms with van der Waals surface area (Å²) in [4.78, 5) is 0. The maximum absolute atomic E-state index is 5.81. The van der Waals surface area contributed by atoms with Crippen LogP contribution in [0.1, 0.15) is 45.6 Å². The quantitative estimate of drug-likeness (QED) is 0.661. The molecule has 1 aromatic rings. The Morgan fingerprint density at radius 3 is 2.55 bits per heavy atom. The Balaban J connectivity index is 2.24. The van der Waals surface area contributed by atoms with Crippen LogP contribution >= 0.6 is 0 Å². The average Bonchev–Trinajstić information content (AvgIpc) is 2.46. The second-order valence-corrected chi connectivity index (χ2v) is 5.36. The van der Waals surface area contributed by atoms with Gasteiger partial charge in [-0.1, -0.05) is 26.8 Å². The molecule has 0 fully saturated rings. The summed E-state index contributed by atoms with van der Waals surface area (Å²) in [5.41, 5.74) is 1.27. The lowest BCUT2D eigenvalue weighted by atomic mass is 10.1. The predicted octanol–water partition coefficient (Wildman–Crippen LogP) is 3.80. The molecule has 0 atom stereocenters. The van der Waals surface area contributed by atoms with E-state index in [9.17, 15) is 0 Å². The van der Waals surface area contributed by atoms with Crippen molar-refractivity contribution >= 4 is 0 Å². The van der Waals surface area contributed by atoms with Crippen LogP contribution in [-0.4, -0.2) is 26.3 Å². The highest BCUT2D eigenvalue weighted by Gasteiger charge is 2.04. The summed E-state index contributed by atoms with van der Waals surface area (Å²) in [6.07, 6.45) is 4.49. The molecule has 0 heterocycles. The molecule has 0 amide bonds. The van der Waals surface area contributed by atoms with Crippen molar-refractivity contribution in [1.82, 2.24) is 5.32 Å². The van der Waals surface area contributed by atoms with Crippen LogP contribution in [-0.2, 0) is 6.42 Å². The Labute approximate surface area is 123 Å². The molecule has 0 radical (unpaired) electrons. The summed E-state index contributed by atoms with van der Waals surface area (Å²) in [7, 11) is 1.69. The molecule has 0 bridgehead atoms. The molecule has 0 aliphatic rings. The van der Waals surface area contributed by atoms with Crippen molar-refractivity contribution in [2.45, 2.75) is 52.5 Å². The molecule has 0 spiro atoms. The smallest absolute Gasteiger partial charge is 0.161 e. The van der Waals surface area contributed by atoms with Crippen LogP contribution < -0.4 is 14.8 Å². The summed E-state index contributed by atoms with van der Waals surface area (Å²) in [6, 6.07) is 6.75. The Morgan fingerprint density at radius 2 is 1.90 bits per heavy atom. The molecular formula is C17H29NO2. The number of unbranched alkanes of at least 4 members (excludes halogenated alkanes) is 2. The van der Waals surface area contributed by atoms with Crippen LogP contribution in [0.25, 0.3) is 0 Å². The standard InChI is InChI=1S/C17H29NO2/c1-5-15-9-10-16(17(13-15)19-4)20-12-8-6-7-11-18-14(2)3/h9-10,13-14,18H,5-8,11-12H2,1-4H3. The Morgan fingerprint density at radius 1 is 1.10 bits per heavy atom. The fourth-order valence-electron chi connectivity index (χ4n) is 2.03. The maximum atomic E-state index is 5.81. The molecular weight excluding hydrogens is 250 g/mol. The van der Waals surface area contributed by atoms with Crippen molar-refractivity contribution in [3.05, 3.63) is 23.8 Å². The molecule has 0 saturated heterocycles. The van der Waals surface area contributed by atoms with E-state index in [0.29, 0.717) is 6.04 Å². The van der Waals surface area contributed by atoms with E-state index in [1.807, 2.05) is 6.07 Å². The zero-order valence-corrected chi connectivity index (χ0v) is 13.4. The van der Waals surface area contributed by atoms with Gasteiger partial charge in [0.05, 0.1) is 13.7 Å². The normalized spacial score (nSPS) is 10.8. The van der Waals surface area contributed by atoms with Crippen molar-refractivity contribution in [3.8, 4) is 11.5 Å². The van der Waals surface area contributed by atoms with E-state index in [1.165, 1.54) is 18.4 Å². The summed E-state index contributed by atoms with van der Waals surface area (Å²) < 4.78 is 11.2. The van der Waals surface area contributed by atoms with Gasteiger partial charge in [0, 0.05) is 6.04 Å². The monoisotopic (exact) mass is 279 g/mol. The van der Waals surface area contributed by atoms with E-state index < -0.39 is 0 Å². The molecule has 0 unspecified atom stereocenters. The Kier molecular flexibility index (Phi) is 8.12. The molecule has 1 rings (SSSR count). The zero-order chi connectivity index (χ0) is 14.8. The number of ether oxygens (including phenoxy) is 2. The minimum atomic E-state index is 0.576. The molecule has 3 heteroatoms. The molecule has 114 valence electrons. The molecule has 0 aliphatic carbocycles. The van der Waals surface area contributed by atoms with Crippen LogP contribution in [0.5, 0.6) is 11.5 Å². The van der Waals surface area contributed by atoms with Gasteiger partial charge in [-0.05, 0) is 49.9 Å². The lowest BCUT2D eigenvalue weighted by Gasteiger charge is -2.12. The Bertz CT molecular complexity index is 377. The number of benzene rings is 1. The van der Waals surface area contributed by atoms with E-state index in [4.69, 9.17) is 9.47 Å².